The minimum absolute atomic E-state index is 0.0539. The number of halogens is 3. The molecule has 0 aliphatic carbocycles. The minimum Gasteiger partial charge on any atom is -0.481 e. The van der Waals surface area contributed by atoms with Gasteiger partial charge in [0.1, 0.15) is 0 Å². The number of likely N-dealkylation sites (tertiary alicyclic amines) is 1. The van der Waals surface area contributed by atoms with Gasteiger partial charge in [-0.05, 0) is 19.3 Å². The number of aliphatic carboxylic acids is 1. The summed E-state index contributed by atoms with van der Waals surface area (Å²) in [5.41, 5.74) is 0. The number of carboxylic acid groups (broad SMARTS) is 1. The standard InChI is InChI=1S/C10H14F3NO3/c1-5-4-14(9(17)10(11,12)13)6(2)3-7(5)8(15)16/h5-7H,3-4H2,1-2H3,(H,15,16)/t5-,6-,7+/m0/s1. The average Bonchev–Trinajstić information content (AvgIpc) is 2.18. The van der Waals surface area contributed by atoms with Crippen LogP contribution in [0.25, 0.3) is 0 Å². The van der Waals surface area contributed by atoms with Crippen LogP contribution < -0.4 is 0 Å². The first-order valence-corrected chi connectivity index (χ1v) is 5.25. The maximum Gasteiger partial charge on any atom is 0.471 e. The molecule has 0 bridgehead atoms. The van der Waals surface area contributed by atoms with Crippen LogP contribution in [0.3, 0.4) is 0 Å². The SMILES string of the molecule is C[C@H]1CN(C(=O)C(F)(F)F)[C@@H](C)C[C@H]1C(=O)O. The third-order valence-corrected chi connectivity index (χ3v) is 3.12. The number of alkyl halides is 3. The Hall–Kier alpha value is -1.27. The number of amides is 1. The van der Waals surface area contributed by atoms with E-state index in [4.69, 9.17) is 5.11 Å². The molecule has 98 valence electrons. The second kappa shape index (κ2) is 4.54. The van der Waals surface area contributed by atoms with Gasteiger partial charge >= 0.3 is 18.1 Å². The molecule has 17 heavy (non-hydrogen) atoms. The Morgan fingerprint density at radius 3 is 2.24 bits per heavy atom. The second-order valence-corrected chi connectivity index (χ2v) is 4.46. The molecule has 1 fully saturated rings. The van der Waals surface area contributed by atoms with E-state index in [0.717, 1.165) is 0 Å². The maximum absolute atomic E-state index is 12.3. The molecule has 0 aromatic heterocycles. The number of carboxylic acids is 1. The van der Waals surface area contributed by atoms with Crippen molar-refractivity contribution in [1.29, 1.82) is 0 Å². The second-order valence-electron chi connectivity index (χ2n) is 4.46. The topological polar surface area (TPSA) is 57.6 Å². The van der Waals surface area contributed by atoms with Crippen molar-refractivity contribution in [2.45, 2.75) is 32.5 Å². The molecule has 0 radical (unpaired) electrons. The van der Waals surface area contributed by atoms with E-state index in [1.165, 1.54) is 6.92 Å². The van der Waals surface area contributed by atoms with Gasteiger partial charge in [0.15, 0.2) is 0 Å². The van der Waals surface area contributed by atoms with E-state index in [0.29, 0.717) is 4.90 Å². The Morgan fingerprint density at radius 2 is 1.82 bits per heavy atom. The van der Waals surface area contributed by atoms with Gasteiger partial charge in [-0.1, -0.05) is 6.92 Å². The first-order chi connectivity index (χ1) is 7.64. The molecule has 1 N–H and O–H groups in total. The molecule has 1 amide bonds. The molecular formula is C10H14F3NO3. The van der Waals surface area contributed by atoms with Crippen LogP contribution in [0.4, 0.5) is 13.2 Å². The summed E-state index contributed by atoms with van der Waals surface area (Å²) in [7, 11) is 0. The molecule has 1 saturated heterocycles. The fraction of sp³-hybridized carbons (Fsp3) is 0.800. The molecule has 0 aromatic rings. The summed E-state index contributed by atoms with van der Waals surface area (Å²) in [6.45, 7) is 2.81. The molecule has 0 aromatic carbocycles. The Bertz CT molecular complexity index is 329. The predicted molar refractivity (Wildman–Crippen MR) is 52.1 cm³/mol. The molecule has 3 atom stereocenters. The van der Waals surface area contributed by atoms with E-state index in [1.54, 1.807) is 6.92 Å². The number of nitrogens with zero attached hydrogens (tertiary/aromatic N) is 1. The maximum atomic E-state index is 12.3. The third-order valence-electron chi connectivity index (χ3n) is 3.12. The summed E-state index contributed by atoms with van der Waals surface area (Å²) in [5.74, 6) is -4.08. The molecule has 0 spiro atoms. The summed E-state index contributed by atoms with van der Waals surface area (Å²) in [4.78, 5) is 22.7. The highest BCUT2D eigenvalue weighted by Crippen LogP contribution is 2.31. The lowest BCUT2D eigenvalue weighted by molar-refractivity contribution is -0.191. The zero-order valence-electron chi connectivity index (χ0n) is 9.49. The van der Waals surface area contributed by atoms with E-state index in [9.17, 15) is 22.8 Å². The number of piperidine rings is 1. The van der Waals surface area contributed by atoms with Gasteiger partial charge in [-0.2, -0.15) is 13.2 Å². The van der Waals surface area contributed by atoms with Gasteiger partial charge in [0.05, 0.1) is 5.92 Å². The molecule has 4 nitrogen and oxygen atoms in total. The Kier molecular flexibility index (Phi) is 3.68. The predicted octanol–water partition coefficient (Wildman–Crippen LogP) is 1.51. The van der Waals surface area contributed by atoms with Crippen molar-refractivity contribution in [3.05, 3.63) is 0 Å². The summed E-state index contributed by atoms with van der Waals surface area (Å²) in [5, 5.41) is 8.89. The van der Waals surface area contributed by atoms with Crippen LogP contribution >= 0.6 is 0 Å². The molecular weight excluding hydrogens is 239 g/mol. The molecule has 0 saturated carbocycles. The molecule has 1 rings (SSSR count). The first-order valence-electron chi connectivity index (χ1n) is 5.25. The van der Waals surface area contributed by atoms with Crippen molar-refractivity contribution in [3.8, 4) is 0 Å². The van der Waals surface area contributed by atoms with Crippen LogP contribution in [-0.2, 0) is 9.59 Å². The van der Waals surface area contributed by atoms with Gasteiger partial charge in [-0.3, -0.25) is 9.59 Å². The van der Waals surface area contributed by atoms with Gasteiger partial charge in [-0.15, -0.1) is 0 Å². The summed E-state index contributed by atoms with van der Waals surface area (Å²) in [6, 6.07) is -0.707. The normalized spacial score (nSPS) is 30.2. The van der Waals surface area contributed by atoms with Crippen molar-refractivity contribution in [2.24, 2.45) is 11.8 Å². The Labute approximate surface area is 96.4 Å². The van der Waals surface area contributed by atoms with Crippen molar-refractivity contribution in [2.75, 3.05) is 6.54 Å². The molecule has 7 heteroatoms. The van der Waals surface area contributed by atoms with Gasteiger partial charge in [0, 0.05) is 12.6 Å². The first kappa shape index (κ1) is 13.8. The lowest BCUT2D eigenvalue weighted by Crippen LogP contribution is -2.53. The van der Waals surface area contributed by atoms with E-state index in [-0.39, 0.29) is 13.0 Å². The molecule has 1 heterocycles. The number of rotatable bonds is 1. The fourth-order valence-electron chi connectivity index (χ4n) is 2.13. The highest BCUT2D eigenvalue weighted by Gasteiger charge is 2.47. The van der Waals surface area contributed by atoms with Crippen LogP contribution in [0.5, 0.6) is 0 Å². The van der Waals surface area contributed by atoms with E-state index < -0.39 is 35.9 Å². The lowest BCUT2D eigenvalue weighted by Gasteiger charge is -2.40. The minimum atomic E-state index is -4.90. The van der Waals surface area contributed by atoms with Crippen molar-refractivity contribution in [3.63, 3.8) is 0 Å². The van der Waals surface area contributed by atoms with E-state index in [1.807, 2.05) is 0 Å². The highest BCUT2D eigenvalue weighted by atomic mass is 19.4. The van der Waals surface area contributed by atoms with Crippen LogP contribution in [0, 0.1) is 11.8 Å². The zero-order valence-corrected chi connectivity index (χ0v) is 9.49. The van der Waals surface area contributed by atoms with E-state index >= 15 is 0 Å². The van der Waals surface area contributed by atoms with Crippen molar-refractivity contribution >= 4 is 11.9 Å². The van der Waals surface area contributed by atoms with Crippen LogP contribution in [0.1, 0.15) is 20.3 Å². The van der Waals surface area contributed by atoms with Crippen molar-refractivity contribution in [1.82, 2.24) is 4.90 Å². The number of hydrogen-bond donors (Lipinski definition) is 1. The summed E-state index contributed by atoms with van der Waals surface area (Å²) in [6.07, 6.45) is -4.84. The largest absolute Gasteiger partial charge is 0.481 e. The molecule has 0 unspecified atom stereocenters. The zero-order chi connectivity index (χ0) is 13.4. The van der Waals surface area contributed by atoms with Crippen LogP contribution in [-0.4, -0.2) is 40.6 Å². The van der Waals surface area contributed by atoms with E-state index in [2.05, 4.69) is 0 Å². The summed E-state index contributed by atoms with van der Waals surface area (Å²) >= 11 is 0. The quantitative estimate of drug-likeness (QED) is 0.770. The number of carbonyl (C=O) groups is 2. The lowest BCUT2D eigenvalue weighted by atomic mass is 9.83. The number of carbonyl (C=O) groups excluding carboxylic acids is 1. The van der Waals surface area contributed by atoms with Crippen molar-refractivity contribution < 1.29 is 27.9 Å². The molecule has 1 aliphatic heterocycles. The Morgan fingerprint density at radius 1 is 1.29 bits per heavy atom. The van der Waals surface area contributed by atoms with Gasteiger partial charge in [0.25, 0.3) is 0 Å². The van der Waals surface area contributed by atoms with Crippen LogP contribution in [0.2, 0.25) is 0 Å². The third kappa shape index (κ3) is 2.89. The number of hydrogen-bond acceptors (Lipinski definition) is 2. The summed E-state index contributed by atoms with van der Waals surface area (Å²) < 4.78 is 36.8. The fourth-order valence-corrected chi connectivity index (χ4v) is 2.13. The molecule has 1 aliphatic rings. The Balaban J connectivity index is 2.81. The highest BCUT2D eigenvalue weighted by molar-refractivity contribution is 5.82. The smallest absolute Gasteiger partial charge is 0.471 e. The average molecular weight is 253 g/mol. The van der Waals surface area contributed by atoms with Gasteiger partial charge < -0.3 is 10.0 Å². The van der Waals surface area contributed by atoms with Gasteiger partial charge in [-0.25, -0.2) is 0 Å². The van der Waals surface area contributed by atoms with Crippen LogP contribution in [0.15, 0.2) is 0 Å². The van der Waals surface area contributed by atoms with Gasteiger partial charge in [0.2, 0.25) is 0 Å². The monoisotopic (exact) mass is 253 g/mol.